The van der Waals surface area contributed by atoms with E-state index < -0.39 is 11.7 Å². The van der Waals surface area contributed by atoms with E-state index in [-0.39, 0.29) is 0 Å². The molecule has 0 bridgehead atoms. The molecular formula is C18H22N2O4. The van der Waals surface area contributed by atoms with Crippen LogP contribution in [0.3, 0.4) is 0 Å². The molecule has 2 aliphatic heterocycles. The van der Waals surface area contributed by atoms with Gasteiger partial charge in [0.15, 0.2) is 11.5 Å². The van der Waals surface area contributed by atoms with Gasteiger partial charge in [-0.25, -0.2) is 0 Å². The molecule has 0 atom stereocenters. The summed E-state index contributed by atoms with van der Waals surface area (Å²) in [6, 6.07) is 3.40. The summed E-state index contributed by atoms with van der Waals surface area (Å²) in [6.07, 6.45) is 5.11. The Balaban J connectivity index is 1.56. The summed E-state index contributed by atoms with van der Waals surface area (Å²) in [5.41, 5.74) is 1.05. The minimum absolute atomic E-state index is 0.415. The molecule has 0 unspecified atom stereocenters. The van der Waals surface area contributed by atoms with Gasteiger partial charge in [0.2, 0.25) is 0 Å². The molecule has 6 heteroatoms. The molecule has 1 fully saturated rings. The second-order valence-electron chi connectivity index (χ2n) is 6.91. The third-order valence-corrected chi connectivity index (χ3v) is 5.06. The predicted molar refractivity (Wildman–Crippen MR) is 88.7 cm³/mol. The van der Waals surface area contributed by atoms with Crippen molar-refractivity contribution in [1.82, 2.24) is 4.90 Å². The smallest absolute Gasteiger partial charge is 0.300 e. The number of rotatable bonds is 4. The fourth-order valence-corrected chi connectivity index (χ4v) is 3.90. The van der Waals surface area contributed by atoms with Crippen LogP contribution in [-0.2, 0) is 4.79 Å². The highest BCUT2D eigenvalue weighted by Gasteiger charge is 2.38. The van der Waals surface area contributed by atoms with Gasteiger partial charge in [0.1, 0.15) is 13.2 Å². The van der Waals surface area contributed by atoms with Crippen LogP contribution in [0.5, 0.6) is 11.5 Å². The van der Waals surface area contributed by atoms with E-state index in [4.69, 9.17) is 9.47 Å². The molecule has 4 rings (SSSR count). The van der Waals surface area contributed by atoms with E-state index in [0.29, 0.717) is 48.6 Å². The number of Topliss-reactive ketones (excluding diaryl/α,β-unsaturated/α-hetero) is 1. The molecule has 1 aliphatic carbocycles. The monoisotopic (exact) mass is 330 g/mol. The van der Waals surface area contributed by atoms with E-state index in [2.05, 4.69) is 4.90 Å². The van der Waals surface area contributed by atoms with Crippen LogP contribution in [0.4, 0.5) is 5.69 Å². The molecule has 0 aromatic heterocycles. The summed E-state index contributed by atoms with van der Waals surface area (Å²) in [5.74, 6) is 0.915. The Kier molecular flexibility index (Phi) is 3.92. The number of hydrogen-bond acceptors (Lipinski definition) is 5. The lowest BCUT2D eigenvalue weighted by Gasteiger charge is -2.27. The number of carbonyl (C=O) groups is 2. The standard InChI is InChI=1S/C18H22N2O4/c1-19(10-12-4-2-3-5-12)11-20-14-9-16-15(23-6-7-24-16)8-13(14)17(21)18(20)22/h8-9,12H,2-7,10-11H2,1H3. The van der Waals surface area contributed by atoms with Crippen LogP contribution in [0, 0.1) is 5.92 Å². The average molecular weight is 330 g/mol. The zero-order valence-electron chi connectivity index (χ0n) is 13.9. The Bertz CT molecular complexity index is 682. The van der Waals surface area contributed by atoms with E-state index in [1.807, 2.05) is 7.05 Å². The summed E-state index contributed by atoms with van der Waals surface area (Å²) in [5, 5.41) is 0. The lowest BCUT2D eigenvalue weighted by molar-refractivity contribution is -0.114. The second kappa shape index (κ2) is 6.09. The van der Waals surface area contributed by atoms with E-state index in [1.54, 1.807) is 17.0 Å². The van der Waals surface area contributed by atoms with Gasteiger partial charge in [-0.05, 0) is 31.9 Å². The molecule has 1 amide bonds. The molecule has 3 aliphatic rings. The second-order valence-corrected chi connectivity index (χ2v) is 6.91. The highest BCUT2D eigenvalue weighted by molar-refractivity contribution is 6.52. The maximum Gasteiger partial charge on any atom is 0.300 e. The average Bonchev–Trinajstić information content (AvgIpc) is 3.16. The number of nitrogens with zero attached hydrogens (tertiary/aromatic N) is 2. The number of fused-ring (bicyclic) bond motifs is 2. The predicted octanol–water partition coefficient (Wildman–Crippen LogP) is 2.07. The Morgan fingerprint density at radius 1 is 1.12 bits per heavy atom. The fourth-order valence-electron chi connectivity index (χ4n) is 3.90. The molecule has 1 aromatic carbocycles. The van der Waals surface area contributed by atoms with E-state index in [0.717, 1.165) is 6.54 Å². The molecule has 2 heterocycles. The van der Waals surface area contributed by atoms with Crippen LogP contribution in [0.1, 0.15) is 36.0 Å². The minimum atomic E-state index is -0.467. The first-order valence-electron chi connectivity index (χ1n) is 8.62. The van der Waals surface area contributed by atoms with Gasteiger partial charge in [-0.1, -0.05) is 12.8 Å². The van der Waals surface area contributed by atoms with Crippen molar-refractivity contribution in [2.45, 2.75) is 25.7 Å². The molecule has 24 heavy (non-hydrogen) atoms. The SMILES string of the molecule is CN(CC1CCCC1)CN1C(=O)C(=O)c2cc3c(cc21)OCCO3. The van der Waals surface area contributed by atoms with Gasteiger partial charge in [-0.15, -0.1) is 0 Å². The van der Waals surface area contributed by atoms with Crippen LogP contribution in [0.15, 0.2) is 12.1 Å². The molecule has 0 saturated heterocycles. The summed E-state index contributed by atoms with van der Waals surface area (Å²) in [4.78, 5) is 28.4. The molecule has 0 radical (unpaired) electrons. The van der Waals surface area contributed by atoms with Crippen molar-refractivity contribution in [1.29, 1.82) is 0 Å². The molecule has 1 saturated carbocycles. The highest BCUT2D eigenvalue weighted by Crippen LogP contribution is 2.40. The van der Waals surface area contributed by atoms with Gasteiger partial charge in [0.05, 0.1) is 17.9 Å². The summed E-state index contributed by atoms with van der Waals surface area (Å²) in [6.45, 7) is 2.32. The first kappa shape index (κ1) is 15.4. The van der Waals surface area contributed by atoms with Crippen molar-refractivity contribution in [3.05, 3.63) is 17.7 Å². The van der Waals surface area contributed by atoms with Crippen molar-refractivity contribution in [2.75, 3.05) is 38.4 Å². The summed E-state index contributed by atoms with van der Waals surface area (Å²) >= 11 is 0. The number of amides is 1. The number of anilines is 1. The minimum Gasteiger partial charge on any atom is -0.486 e. The quantitative estimate of drug-likeness (QED) is 0.791. The maximum absolute atomic E-state index is 12.4. The van der Waals surface area contributed by atoms with Gasteiger partial charge >= 0.3 is 5.91 Å². The van der Waals surface area contributed by atoms with Crippen molar-refractivity contribution < 1.29 is 19.1 Å². The Morgan fingerprint density at radius 2 is 1.79 bits per heavy atom. The molecular weight excluding hydrogens is 308 g/mol. The van der Waals surface area contributed by atoms with Crippen LogP contribution in [-0.4, -0.2) is 50.1 Å². The highest BCUT2D eigenvalue weighted by atomic mass is 16.6. The van der Waals surface area contributed by atoms with Crippen molar-refractivity contribution in [3.8, 4) is 11.5 Å². The molecule has 0 N–H and O–H groups in total. The Labute approximate surface area is 141 Å². The van der Waals surface area contributed by atoms with Gasteiger partial charge in [0, 0.05) is 12.6 Å². The fraction of sp³-hybridized carbons (Fsp3) is 0.556. The summed E-state index contributed by atoms with van der Waals surface area (Å²) < 4.78 is 11.1. The first-order chi connectivity index (χ1) is 11.6. The molecule has 0 spiro atoms. The Morgan fingerprint density at radius 3 is 2.50 bits per heavy atom. The zero-order valence-corrected chi connectivity index (χ0v) is 13.9. The van der Waals surface area contributed by atoms with Gasteiger partial charge in [0.25, 0.3) is 5.78 Å². The lowest BCUT2D eigenvalue weighted by Crippen LogP contribution is -2.40. The molecule has 6 nitrogen and oxygen atoms in total. The van der Waals surface area contributed by atoms with E-state index >= 15 is 0 Å². The van der Waals surface area contributed by atoms with Gasteiger partial charge in [-0.2, -0.15) is 0 Å². The number of hydrogen-bond donors (Lipinski definition) is 0. The van der Waals surface area contributed by atoms with Gasteiger partial charge < -0.3 is 9.47 Å². The normalized spacial score (nSPS) is 20.2. The maximum atomic E-state index is 12.4. The topological polar surface area (TPSA) is 59.1 Å². The number of carbonyl (C=O) groups excluding carboxylic acids is 2. The molecule has 1 aromatic rings. The largest absolute Gasteiger partial charge is 0.486 e. The number of benzene rings is 1. The first-order valence-corrected chi connectivity index (χ1v) is 8.62. The van der Waals surface area contributed by atoms with Crippen LogP contribution in [0.2, 0.25) is 0 Å². The third kappa shape index (κ3) is 2.65. The summed E-state index contributed by atoms with van der Waals surface area (Å²) in [7, 11) is 2.01. The Hall–Kier alpha value is -2.08. The van der Waals surface area contributed by atoms with Crippen molar-refractivity contribution in [3.63, 3.8) is 0 Å². The van der Waals surface area contributed by atoms with E-state index in [1.165, 1.54) is 25.7 Å². The third-order valence-electron chi connectivity index (χ3n) is 5.06. The number of ketones is 1. The van der Waals surface area contributed by atoms with E-state index in [9.17, 15) is 9.59 Å². The van der Waals surface area contributed by atoms with Crippen LogP contribution in [0.25, 0.3) is 0 Å². The van der Waals surface area contributed by atoms with Crippen molar-refractivity contribution >= 4 is 17.4 Å². The van der Waals surface area contributed by atoms with Gasteiger partial charge in [-0.3, -0.25) is 19.4 Å². The van der Waals surface area contributed by atoms with Crippen LogP contribution >= 0.6 is 0 Å². The zero-order chi connectivity index (χ0) is 16.7. The van der Waals surface area contributed by atoms with Crippen molar-refractivity contribution in [2.24, 2.45) is 5.92 Å². The lowest BCUT2D eigenvalue weighted by atomic mass is 10.1. The number of ether oxygens (including phenoxy) is 2. The van der Waals surface area contributed by atoms with Crippen LogP contribution < -0.4 is 14.4 Å². The molecule has 128 valence electrons.